The lowest BCUT2D eigenvalue weighted by Crippen LogP contribution is -2.03. The second kappa shape index (κ2) is 8.94. The second-order valence-electron chi connectivity index (χ2n) is 6.62. The fraction of sp³-hybridized carbons (Fsp3) is 0.0714. The Balaban J connectivity index is 1.84. The van der Waals surface area contributed by atoms with Gasteiger partial charge in [0.2, 0.25) is 0 Å². The van der Waals surface area contributed by atoms with E-state index in [0.29, 0.717) is 0 Å². The number of methoxy groups -OCH3 is 1. The van der Waals surface area contributed by atoms with Gasteiger partial charge in [-0.25, -0.2) is 0 Å². The highest BCUT2D eigenvalue weighted by atomic mass is 16.5. The lowest BCUT2D eigenvalue weighted by Gasteiger charge is -2.15. The van der Waals surface area contributed by atoms with Gasteiger partial charge < -0.3 is 4.74 Å². The van der Waals surface area contributed by atoms with E-state index in [2.05, 4.69) is 47.9 Å². The van der Waals surface area contributed by atoms with Crippen LogP contribution in [0.15, 0.2) is 97.1 Å². The molecule has 1 heteroatoms. The predicted molar refractivity (Wildman–Crippen MR) is 119 cm³/mol. The number of hydrogen-bond donors (Lipinski definition) is 0. The van der Waals surface area contributed by atoms with E-state index >= 15 is 0 Å². The van der Waals surface area contributed by atoms with Crippen LogP contribution in [0.25, 0.3) is 10.8 Å². The van der Waals surface area contributed by atoms with Crippen molar-refractivity contribution < 1.29 is 4.74 Å². The van der Waals surface area contributed by atoms with Crippen molar-refractivity contribution in [1.82, 2.24) is 0 Å². The van der Waals surface area contributed by atoms with Crippen LogP contribution >= 0.6 is 0 Å². The van der Waals surface area contributed by atoms with Crippen LogP contribution in [0.5, 0.6) is 0 Å². The van der Waals surface area contributed by atoms with E-state index in [4.69, 9.17) is 4.74 Å². The minimum Gasteiger partial charge on any atom is -0.364 e. The van der Waals surface area contributed by atoms with Crippen molar-refractivity contribution in [3.8, 4) is 23.7 Å². The fourth-order valence-electron chi connectivity index (χ4n) is 3.27. The molecule has 0 amide bonds. The van der Waals surface area contributed by atoms with Crippen LogP contribution in [0.3, 0.4) is 0 Å². The molecular formula is C28H20O. The van der Waals surface area contributed by atoms with Gasteiger partial charge in [0, 0.05) is 29.4 Å². The summed E-state index contributed by atoms with van der Waals surface area (Å²) in [7, 11) is 1.69. The molecule has 0 heterocycles. The monoisotopic (exact) mass is 372 g/mol. The molecule has 0 saturated heterocycles. The first kappa shape index (κ1) is 18.6. The molecule has 0 aromatic heterocycles. The molecule has 1 unspecified atom stereocenters. The Kier molecular flexibility index (Phi) is 5.73. The van der Waals surface area contributed by atoms with Crippen molar-refractivity contribution in [3.63, 3.8) is 0 Å². The van der Waals surface area contributed by atoms with Crippen molar-refractivity contribution >= 4 is 10.8 Å². The first-order valence-corrected chi connectivity index (χ1v) is 9.53. The maximum absolute atomic E-state index is 5.82. The summed E-state index contributed by atoms with van der Waals surface area (Å²) in [5.41, 5.74) is 3.89. The molecule has 29 heavy (non-hydrogen) atoms. The summed E-state index contributed by atoms with van der Waals surface area (Å²) in [6.07, 6.45) is -0.374. The standard InChI is InChI=1S/C28H20O/c1-29-27(21-17-23-12-6-3-7-13-23)28-25(18-16-22-10-4-2-5-11-22)20-19-24-14-8-9-15-26(24)28/h2-15,19-20,27H,1H3. The number of benzene rings is 4. The molecule has 1 atom stereocenters. The minimum atomic E-state index is -0.374. The lowest BCUT2D eigenvalue weighted by atomic mass is 9.94. The summed E-state index contributed by atoms with van der Waals surface area (Å²) >= 11 is 0. The highest BCUT2D eigenvalue weighted by molar-refractivity contribution is 5.88. The van der Waals surface area contributed by atoms with Crippen molar-refractivity contribution in [3.05, 3.63) is 119 Å². The number of hydrogen-bond acceptors (Lipinski definition) is 1. The summed E-state index contributed by atoms with van der Waals surface area (Å²) in [5.74, 6) is 13.1. The summed E-state index contributed by atoms with van der Waals surface area (Å²) in [6, 6.07) is 32.4. The van der Waals surface area contributed by atoms with Crippen LogP contribution in [0.2, 0.25) is 0 Å². The Morgan fingerprint density at radius 3 is 1.93 bits per heavy atom. The van der Waals surface area contributed by atoms with Crippen molar-refractivity contribution in [2.45, 2.75) is 6.10 Å². The Morgan fingerprint density at radius 1 is 0.621 bits per heavy atom. The van der Waals surface area contributed by atoms with E-state index in [9.17, 15) is 0 Å². The van der Waals surface area contributed by atoms with Gasteiger partial charge in [-0.15, -0.1) is 0 Å². The van der Waals surface area contributed by atoms with E-state index in [1.165, 1.54) is 0 Å². The van der Waals surface area contributed by atoms with E-state index in [-0.39, 0.29) is 6.10 Å². The van der Waals surface area contributed by atoms with Gasteiger partial charge in [-0.05, 0) is 41.1 Å². The Morgan fingerprint density at radius 2 is 1.24 bits per heavy atom. The first-order chi connectivity index (χ1) is 14.3. The predicted octanol–water partition coefficient (Wildman–Crippen LogP) is 5.98. The first-order valence-electron chi connectivity index (χ1n) is 9.53. The summed E-state index contributed by atoms with van der Waals surface area (Å²) in [5, 5.41) is 2.26. The molecule has 0 aliphatic carbocycles. The SMILES string of the molecule is COC(C#Cc1ccccc1)c1c(C#Cc2ccccc2)ccc2ccccc12. The van der Waals surface area contributed by atoms with Gasteiger partial charge in [-0.2, -0.15) is 0 Å². The maximum atomic E-state index is 5.82. The van der Waals surface area contributed by atoms with E-state index in [0.717, 1.165) is 33.0 Å². The zero-order valence-electron chi connectivity index (χ0n) is 16.2. The molecule has 4 aromatic carbocycles. The van der Waals surface area contributed by atoms with Gasteiger partial charge in [0.1, 0.15) is 6.10 Å². The number of ether oxygens (including phenoxy) is 1. The molecule has 138 valence electrons. The van der Waals surface area contributed by atoms with Crippen LogP contribution in [0.4, 0.5) is 0 Å². The zero-order valence-corrected chi connectivity index (χ0v) is 16.2. The zero-order chi connectivity index (χ0) is 19.9. The van der Waals surface area contributed by atoms with Gasteiger partial charge >= 0.3 is 0 Å². The number of rotatable bonds is 2. The normalized spacial score (nSPS) is 11.1. The quantitative estimate of drug-likeness (QED) is 0.393. The minimum absolute atomic E-state index is 0.374. The molecule has 0 radical (unpaired) electrons. The largest absolute Gasteiger partial charge is 0.364 e. The van der Waals surface area contributed by atoms with Crippen molar-refractivity contribution in [1.29, 1.82) is 0 Å². The number of fused-ring (bicyclic) bond motifs is 1. The summed E-state index contributed by atoms with van der Waals surface area (Å²) in [4.78, 5) is 0. The molecule has 1 nitrogen and oxygen atoms in total. The lowest BCUT2D eigenvalue weighted by molar-refractivity contribution is 0.151. The van der Waals surface area contributed by atoms with E-state index < -0.39 is 0 Å². The smallest absolute Gasteiger partial charge is 0.145 e. The summed E-state index contributed by atoms with van der Waals surface area (Å²) in [6.45, 7) is 0. The van der Waals surface area contributed by atoms with Crippen LogP contribution in [0.1, 0.15) is 28.4 Å². The van der Waals surface area contributed by atoms with Crippen LogP contribution in [-0.2, 0) is 4.74 Å². The molecule has 4 rings (SSSR count). The third kappa shape index (κ3) is 4.39. The van der Waals surface area contributed by atoms with Gasteiger partial charge in [-0.1, -0.05) is 90.4 Å². The molecule has 0 bridgehead atoms. The average Bonchev–Trinajstić information content (AvgIpc) is 2.80. The molecule has 4 aromatic rings. The van der Waals surface area contributed by atoms with E-state index in [1.807, 2.05) is 72.8 Å². The van der Waals surface area contributed by atoms with Gasteiger partial charge in [0.05, 0.1) is 0 Å². The van der Waals surface area contributed by atoms with Crippen molar-refractivity contribution in [2.24, 2.45) is 0 Å². The summed E-state index contributed by atoms with van der Waals surface area (Å²) < 4.78 is 5.82. The fourth-order valence-corrected chi connectivity index (χ4v) is 3.27. The van der Waals surface area contributed by atoms with Gasteiger partial charge in [0.15, 0.2) is 0 Å². The molecule has 0 fully saturated rings. The average molecular weight is 372 g/mol. The third-order valence-corrected chi connectivity index (χ3v) is 4.71. The van der Waals surface area contributed by atoms with Crippen LogP contribution < -0.4 is 0 Å². The van der Waals surface area contributed by atoms with Crippen molar-refractivity contribution in [2.75, 3.05) is 7.11 Å². The van der Waals surface area contributed by atoms with Crippen LogP contribution in [-0.4, -0.2) is 7.11 Å². The highest BCUT2D eigenvalue weighted by Crippen LogP contribution is 2.29. The van der Waals surface area contributed by atoms with Crippen LogP contribution in [0, 0.1) is 23.7 Å². The highest BCUT2D eigenvalue weighted by Gasteiger charge is 2.15. The molecule has 0 aliphatic rings. The molecule has 0 saturated carbocycles. The Bertz CT molecular complexity index is 1230. The molecule has 0 N–H and O–H groups in total. The Hall–Kier alpha value is -3.78. The Labute approximate surface area is 172 Å². The molecule has 0 aliphatic heterocycles. The molecular weight excluding hydrogens is 352 g/mol. The molecule has 0 spiro atoms. The topological polar surface area (TPSA) is 9.23 Å². The van der Waals surface area contributed by atoms with Gasteiger partial charge in [-0.3, -0.25) is 0 Å². The third-order valence-electron chi connectivity index (χ3n) is 4.71. The second-order valence-corrected chi connectivity index (χ2v) is 6.62. The van der Waals surface area contributed by atoms with Gasteiger partial charge in [0.25, 0.3) is 0 Å². The maximum Gasteiger partial charge on any atom is 0.145 e. The van der Waals surface area contributed by atoms with E-state index in [1.54, 1.807) is 7.11 Å².